The van der Waals surface area contributed by atoms with Crippen molar-refractivity contribution >= 4 is 44.9 Å². The van der Waals surface area contributed by atoms with Gasteiger partial charge in [0.2, 0.25) is 0 Å². The lowest BCUT2D eigenvalue weighted by Gasteiger charge is -2.31. The zero-order valence-corrected chi connectivity index (χ0v) is 25.6. The van der Waals surface area contributed by atoms with Gasteiger partial charge in [0.1, 0.15) is 0 Å². The number of hydrogen-bond acceptors (Lipinski definition) is 2. The normalized spacial score (nSPS) is 12.3. The Morgan fingerprint density at radius 1 is 0.391 bits per heavy atom. The van der Waals surface area contributed by atoms with Gasteiger partial charge in [-0.3, -0.25) is 0 Å². The number of nitrogens with zero attached hydrogens (tertiary/aromatic N) is 2. The van der Waals surface area contributed by atoms with Crippen molar-refractivity contribution in [3.63, 3.8) is 0 Å². The van der Waals surface area contributed by atoms with E-state index >= 15 is 0 Å². The highest BCUT2D eigenvalue weighted by Gasteiger charge is 2.21. The Morgan fingerprint density at radius 3 is 1.61 bits per heavy atom. The first kappa shape index (κ1) is 27.7. The van der Waals surface area contributed by atoms with Gasteiger partial charge in [-0.2, -0.15) is 0 Å². The maximum Gasteiger partial charge on any atom is 0.0540 e. The zero-order valence-electron chi connectivity index (χ0n) is 25.6. The molecule has 0 N–H and O–H groups in total. The summed E-state index contributed by atoms with van der Waals surface area (Å²) in [5.74, 6) is 0. The summed E-state index contributed by atoms with van der Waals surface area (Å²) < 4.78 is 0. The van der Waals surface area contributed by atoms with E-state index in [1.807, 2.05) is 0 Å². The Hall–Kier alpha value is -5.86. The van der Waals surface area contributed by atoms with Crippen LogP contribution in [0, 0.1) is 0 Å². The second-order valence-electron chi connectivity index (χ2n) is 11.7. The fraction of sp³-hybridized carbons (Fsp3) is 0.0455. The number of fused-ring (bicyclic) bond motifs is 2. The van der Waals surface area contributed by atoms with Crippen LogP contribution in [-0.4, -0.2) is 0 Å². The Bertz CT molecular complexity index is 2120. The highest BCUT2D eigenvalue weighted by molar-refractivity contribution is 5.99. The van der Waals surface area contributed by atoms with E-state index < -0.39 is 0 Å². The molecule has 0 radical (unpaired) electrons. The van der Waals surface area contributed by atoms with E-state index in [1.165, 1.54) is 44.4 Å². The third kappa shape index (κ3) is 5.25. The highest BCUT2D eigenvalue weighted by Crippen LogP contribution is 2.41. The van der Waals surface area contributed by atoms with Crippen LogP contribution in [0.25, 0.3) is 27.6 Å². The predicted molar refractivity (Wildman–Crippen MR) is 195 cm³/mol. The van der Waals surface area contributed by atoms with E-state index in [2.05, 4.69) is 192 Å². The summed E-state index contributed by atoms with van der Waals surface area (Å²) in [5, 5.41) is 2.46. The number of benzene rings is 7. The maximum absolute atomic E-state index is 2.40. The average Bonchev–Trinajstić information content (AvgIpc) is 3.14. The second-order valence-corrected chi connectivity index (χ2v) is 11.7. The van der Waals surface area contributed by atoms with Gasteiger partial charge in [0, 0.05) is 39.4 Å². The van der Waals surface area contributed by atoms with Gasteiger partial charge in [0.05, 0.1) is 5.69 Å². The van der Waals surface area contributed by atoms with Gasteiger partial charge in [-0.25, -0.2) is 0 Å². The smallest absolute Gasteiger partial charge is 0.0540 e. The van der Waals surface area contributed by atoms with E-state index in [4.69, 9.17) is 0 Å². The lowest BCUT2D eigenvalue weighted by molar-refractivity contribution is 0.968. The second kappa shape index (κ2) is 12.3. The third-order valence-corrected chi connectivity index (χ3v) is 8.91. The first-order chi connectivity index (χ1) is 22.8. The number of rotatable bonds is 7. The van der Waals surface area contributed by atoms with Crippen molar-refractivity contribution in [1.82, 2.24) is 0 Å². The molecule has 1 aliphatic rings. The monoisotopic (exact) mass is 590 g/mol. The van der Waals surface area contributed by atoms with Crippen LogP contribution in [0.3, 0.4) is 0 Å². The standard InChI is InChI=1S/C44H34N2/c1-3-17-37(18-4-1)45(43-23-11-15-35-13-7-9-21-41(35)43)39-29-25-33(26-30-39)34-27-31-40(32-28-34)46(38-19-5-2-6-20-38)44-24-12-16-36-14-8-10-22-42(36)44/h1-11,13-15,17-32H,12,16H2. The number of hydrogen-bond donors (Lipinski definition) is 0. The van der Waals surface area contributed by atoms with Crippen molar-refractivity contribution in [2.45, 2.75) is 12.8 Å². The summed E-state index contributed by atoms with van der Waals surface area (Å²) >= 11 is 0. The average molecular weight is 591 g/mol. The van der Waals surface area contributed by atoms with Crippen LogP contribution in [0.2, 0.25) is 0 Å². The first-order valence-corrected chi connectivity index (χ1v) is 16.0. The molecule has 0 fully saturated rings. The molecule has 220 valence electrons. The minimum Gasteiger partial charge on any atom is -0.310 e. The van der Waals surface area contributed by atoms with Crippen LogP contribution >= 0.6 is 0 Å². The molecule has 1 aliphatic carbocycles. The molecule has 0 aliphatic heterocycles. The molecule has 2 nitrogen and oxygen atoms in total. The SMILES string of the molecule is C1=C(N(c2ccccc2)c2ccc(-c3ccc(N(c4ccccc4)c4cccc5ccccc45)cc3)cc2)c2ccccc2CC1. The van der Waals surface area contributed by atoms with Crippen LogP contribution in [0.1, 0.15) is 17.5 Å². The van der Waals surface area contributed by atoms with Gasteiger partial charge in [-0.05, 0) is 89.5 Å². The fourth-order valence-corrected chi connectivity index (χ4v) is 6.69. The molecule has 8 rings (SSSR count). The van der Waals surface area contributed by atoms with E-state index in [0.29, 0.717) is 0 Å². The molecule has 7 aromatic carbocycles. The Kier molecular flexibility index (Phi) is 7.38. The predicted octanol–water partition coefficient (Wildman–Crippen LogP) is 12.1. The molecule has 46 heavy (non-hydrogen) atoms. The summed E-state index contributed by atoms with van der Waals surface area (Å²) in [7, 11) is 0. The van der Waals surface area contributed by atoms with Crippen molar-refractivity contribution in [1.29, 1.82) is 0 Å². The van der Waals surface area contributed by atoms with Crippen molar-refractivity contribution in [2.75, 3.05) is 9.80 Å². The van der Waals surface area contributed by atoms with Crippen molar-refractivity contribution < 1.29 is 0 Å². The largest absolute Gasteiger partial charge is 0.310 e. The summed E-state index contributed by atoms with van der Waals surface area (Å²) in [6, 6.07) is 63.2. The summed E-state index contributed by atoms with van der Waals surface area (Å²) in [6.07, 6.45) is 4.51. The Balaban J connectivity index is 1.14. The molecule has 7 aromatic rings. The number of allylic oxidation sites excluding steroid dienone is 1. The van der Waals surface area contributed by atoms with E-state index in [0.717, 1.165) is 35.6 Å². The van der Waals surface area contributed by atoms with E-state index in [1.54, 1.807) is 0 Å². The van der Waals surface area contributed by atoms with Crippen molar-refractivity contribution in [3.8, 4) is 11.1 Å². The van der Waals surface area contributed by atoms with Crippen LogP contribution in [-0.2, 0) is 6.42 Å². The van der Waals surface area contributed by atoms with Crippen LogP contribution in [0.5, 0.6) is 0 Å². The van der Waals surface area contributed by atoms with Gasteiger partial charge in [-0.1, -0.05) is 127 Å². The maximum atomic E-state index is 2.40. The molecule has 0 saturated carbocycles. The van der Waals surface area contributed by atoms with E-state index in [-0.39, 0.29) is 0 Å². The molecule has 0 spiro atoms. The molecular weight excluding hydrogens is 556 g/mol. The molecular formula is C44H34N2. The van der Waals surface area contributed by atoms with Crippen LogP contribution in [0.4, 0.5) is 28.4 Å². The Morgan fingerprint density at radius 2 is 0.913 bits per heavy atom. The molecule has 2 heteroatoms. The summed E-state index contributed by atoms with van der Waals surface area (Å²) in [6.45, 7) is 0. The molecule has 0 atom stereocenters. The quantitative estimate of drug-likeness (QED) is 0.182. The molecule has 0 heterocycles. The topological polar surface area (TPSA) is 6.48 Å². The number of para-hydroxylation sites is 2. The van der Waals surface area contributed by atoms with Gasteiger partial charge < -0.3 is 9.80 Å². The van der Waals surface area contributed by atoms with Crippen molar-refractivity contribution in [3.05, 3.63) is 193 Å². The molecule has 0 aromatic heterocycles. The molecule has 0 unspecified atom stereocenters. The van der Waals surface area contributed by atoms with Crippen LogP contribution in [0.15, 0.2) is 182 Å². The van der Waals surface area contributed by atoms with Gasteiger partial charge >= 0.3 is 0 Å². The number of aryl methyl sites for hydroxylation is 1. The molecule has 0 bridgehead atoms. The molecule has 0 amide bonds. The van der Waals surface area contributed by atoms with E-state index in [9.17, 15) is 0 Å². The lowest BCUT2D eigenvalue weighted by Crippen LogP contribution is -2.18. The van der Waals surface area contributed by atoms with Gasteiger partial charge in [0.15, 0.2) is 0 Å². The Labute approximate surface area is 271 Å². The minimum atomic E-state index is 1.04. The van der Waals surface area contributed by atoms with Gasteiger partial charge in [0.25, 0.3) is 0 Å². The fourth-order valence-electron chi connectivity index (χ4n) is 6.69. The zero-order chi connectivity index (χ0) is 30.7. The van der Waals surface area contributed by atoms with Crippen LogP contribution < -0.4 is 9.80 Å². The summed E-state index contributed by atoms with van der Waals surface area (Å²) in [4.78, 5) is 4.75. The third-order valence-electron chi connectivity index (χ3n) is 8.91. The molecule has 0 saturated heterocycles. The van der Waals surface area contributed by atoms with Gasteiger partial charge in [-0.15, -0.1) is 0 Å². The lowest BCUT2D eigenvalue weighted by atomic mass is 9.93. The first-order valence-electron chi connectivity index (χ1n) is 16.0. The highest BCUT2D eigenvalue weighted by atomic mass is 15.2. The van der Waals surface area contributed by atoms with Crippen molar-refractivity contribution in [2.24, 2.45) is 0 Å². The minimum absolute atomic E-state index is 1.04. The number of anilines is 5. The summed E-state index contributed by atoms with van der Waals surface area (Å²) in [5.41, 5.74) is 12.1.